The highest BCUT2D eigenvalue weighted by molar-refractivity contribution is 5.95. The smallest absolute Gasteiger partial charge is 0.254 e. The highest BCUT2D eigenvalue weighted by atomic mass is 16.5. The summed E-state index contributed by atoms with van der Waals surface area (Å²) < 4.78 is 6.22. The van der Waals surface area contributed by atoms with E-state index < -0.39 is 0 Å². The van der Waals surface area contributed by atoms with Gasteiger partial charge in [-0.25, -0.2) is 0 Å². The quantitative estimate of drug-likeness (QED) is 0.865. The number of carbonyl (C=O) groups excluding carboxylic acids is 2. The molecule has 0 atom stereocenters. The summed E-state index contributed by atoms with van der Waals surface area (Å²) in [6.07, 6.45) is 8.15. The Labute approximate surface area is 167 Å². The van der Waals surface area contributed by atoms with Crippen molar-refractivity contribution in [1.82, 2.24) is 15.1 Å². The topological polar surface area (TPSA) is 61.9 Å². The molecular formula is C22H31N3O3. The number of ether oxygens (including phenoxy) is 1. The molecule has 6 nitrogen and oxygen atoms in total. The van der Waals surface area contributed by atoms with Crippen LogP contribution in [-0.2, 0) is 4.79 Å². The van der Waals surface area contributed by atoms with Crippen LogP contribution in [0.2, 0.25) is 0 Å². The third-order valence-electron chi connectivity index (χ3n) is 6.30. The van der Waals surface area contributed by atoms with E-state index >= 15 is 0 Å². The Hall–Kier alpha value is -2.08. The number of amides is 2. The molecule has 1 saturated carbocycles. The van der Waals surface area contributed by atoms with Crippen LogP contribution in [0.1, 0.15) is 55.3 Å². The zero-order valence-electron chi connectivity index (χ0n) is 16.6. The fourth-order valence-electron chi connectivity index (χ4n) is 4.68. The van der Waals surface area contributed by atoms with E-state index in [9.17, 15) is 9.59 Å². The van der Waals surface area contributed by atoms with Crippen LogP contribution in [0.4, 0.5) is 0 Å². The molecule has 2 amide bonds. The standard InChI is InChI=1S/C22H31N3O3/c26-21-10-14-25(15-11-23-21)22(27)17-4-3-7-20(16-17)28-19-8-12-24(13-9-19)18-5-1-2-6-18/h3-4,7,16,18-19H,1-2,5-6,8-15H2,(H,23,26). The van der Waals surface area contributed by atoms with Gasteiger partial charge in [-0.3, -0.25) is 9.59 Å². The van der Waals surface area contributed by atoms with Crippen molar-refractivity contribution in [1.29, 1.82) is 0 Å². The first-order chi connectivity index (χ1) is 13.7. The molecule has 6 heteroatoms. The molecule has 0 radical (unpaired) electrons. The number of hydrogen-bond acceptors (Lipinski definition) is 4. The Kier molecular flexibility index (Phi) is 6.15. The third-order valence-corrected chi connectivity index (χ3v) is 6.30. The van der Waals surface area contributed by atoms with Crippen LogP contribution in [0.15, 0.2) is 24.3 Å². The Morgan fingerprint density at radius 3 is 2.61 bits per heavy atom. The van der Waals surface area contributed by atoms with Crippen molar-refractivity contribution in [3.05, 3.63) is 29.8 Å². The molecular weight excluding hydrogens is 354 g/mol. The first kappa shape index (κ1) is 19.2. The minimum atomic E-state index is -0.0296. The Bertz CT molecular complexity index is 694. The molecule has 2 aliphatic heterocycles. The van der Waals surface area contributed by atoms with E-state index in [4.69, 9.17) is 4.74 Å². The van der Waals surface area contributed by atoms with Gasteiger partial charge in [-0.1, -0.05) is 18.9 Å². The summed E-state index contributed by atoms with van der Waals surface area (Å²) in [4.78, 5) is 28.7. The summed E-state index contributed by atoms with van der Waals surface area (Å²) >= 11 is 0. The van der Waals surface area contributed by atoms with Crippen LogP contribution < -0.4 is 10.1 Å². The van der Waals surface area contributed by atoms with E-state index in [1.165, 1.54) is 25.7 Å². The lowest BCUT2D eigenvalue weighted by molar-refractivity contribution is -0.120. The van der Waals surface area contributed by atoms with Crippen LogP contribution in [0, 0.1) is 0 Å². The van der Waals surface area contributed by atoms with Gasteiger partial charge in [-0.05, 0) is 43.9 Å². The van der Waals surface area contributed by atoms with Crippen LogP contribution in [-0.4, -0.2) is 66.5 Å². The monoisotopic (exact) mass is 385 g/mol. The van der Waals surface area contributed by atoms with Gasteiger partial charge in [0, 0.05) is 50.7 Å². The van der Waals surface area contributed by atoms with Gasteiger partial charge < -0.3 is 19.9 Å². The number of hydrogen-bond donors (Lipinski definition) is 1. The predicted molar refractivity (Wildman–Crippen MR) is 107 cm³/mol. The second-order valence-electron chi connectivity index (χ2n) is 8.21. The molecule has 2 heterocycles. The SMILES string of the molecule is O=C1CCN(C(=O)c2cccc(OC3CCN(C4CCCC4)CC3)c2)CCN1. The fourth-order valence-corrected chi connectivity index (χ4v) is 4.68. The molecule has 152 valence electrons. The number of nitrogens with one attached hydrogen (secondary N) is 1. The Morgan fingerprint density at radius 2 is 1.82 bits per heavy atom. The highest BCUT2D eigenvalue weighted by Gasteiger charge is 2.28. The number of carbonyl (C=O) groups is 2. The van der Waals surface area contributed by atoms with Gasteiger partial charge in [0.05, 0.1) is 0 Å². The van der Waals surface area contributed by atoms with Gasteiger partial charge in [0.1, 0.15) is 11.9 Å². The summed E-state index contributed by atoms with van der Waals surface area (Å²) in [6, 6.07) is 8.30. The van der Waals surface area contributed by atoms with E-state index in [1.807, 2.05) is 24.3 Å². The van der Waals surface area contributed by atoms with Gasteiger partial charge in [0.15, 0.2) is 0 Å². The number of nitrogens with zero attached hydrogens (tertiary/aromatic N) is 2. The minimum absolute atomic E-state index is 0.0105. The fraction of sp³-hybridized carbons (Fsp3) is 0.636. The van der Waals surface area contributed by atoms with E-state index in [-0.39, 0.29) is 17.9 Å². The first-order valence-electron chi connectivity index (χ1n) is 10.8. The van der Waals surface area contributed by atoms with Gasteiger partial charge in [-0.2, -0.15) is 0 Å². The van der Waals surface area contributed by atoms with Crippen molar-refractivity contribution in [2.75, 3.05) is 32.7 Å². The van der Waals surface area contributed by atoms with Gasteiger partial charge in [0.2, 0.25) is 5.91 Å². The molecule has 1 aromatic rings. The molecule has 1 aliphatic carbocycles. The maximum Gasteiger partial charge on any atom is 0.254 e. The lowest BCUT2D eigenvalue weighted by atomic mass is 10.0. The number of likely N-dealkylation sites (tertiary alicyclic amines) is 1. The normalized spacial score (nSPS) is 22.7. The zero-order chi connectivity index (χ0) is 19.3. The van der Waals surface area contributed by atoms with Gasteiger partial charge in [0.25, 0.3) is 5.91 Å². The molecule has 28 heavy (non-hydrogen) atoms. The maximum absolute atomic E-state index is 12.8. The summed E-state index contributed by atoms with van der Waals surface area (Å²) in [5.74, 6) is 0.753. The van der Waals surface area contributed by atoms with Crippen molar-refractivity contribution >= 4 is 11.8 Å². The number of rotatable bonds is 4. The minimum Gasteiger partial charge on any atom is -0.490 e. The van der Waals surface area contributed by atoms with Gasteiger partial charge in [-0.15, -0.1) is 0 Å². The zero-order valence-corrected chi connectivity index (χ0v) is 16.6. The van der Waals surface area contributed by atoms with E-state index in [2.05, 4.69) is 10.2 Å². The predicted octanol–water partition coefficient (Wildman–Crippen LogP) is 2.43. The van der Waals surface area contributed by atoms with Crippen LogP contribution in [0.25, 0.3) is 0 Å². The molecule has 1 aromatic carbocycles. The molecule has 0 unspecified atom stereocenters. The lowest BCUT2D eigenvalue weighted by Gasteiger charge is -2.36. The Balaban J connectivity index is 1.32. The maximum atomic E-state index is 12.8. The Morgan fingerprint density at radius 1 is 1.04 bits per heavy atom. The molecule has 4 rings (SSSR count). The first-order valence-corrected chi connectivity index (χ1v) is 10.8. The highest BCUT2D eigenvalue weighted by Crippen LogP contribution is 2.27. The van der Waals surface area contributed by atoms with E-state index in [0.717, 1.165) is 37.7 Å². The van der Waals surface area contributed by atoms with Crippen LogP contribution in [0.3, 0.4) is 0 Å². The van der Waals surface area contributed by atoms with Crippen molar-refractivity contribution in [3.63, 3.8) is 0 Å². The van der Waals surface area contributed by atoms with Crippen molar-refractivity contribution in [2.24, 2.45) is 0 Å². The van der Waals surface area contributed by atoms with Crippen molar-refractivity contribution in [2.45, 2.75) is 57.1 Å². The molecule has 3 fully saturated rings. The van der Waals surface area contributed by atoms with E-state index in [1.54, 1.807) is 4.90 Å². The number of piperidine rings is 1. The molecule has 0 aromatic heterocycles. The average molecular weight is 386 g/mol. The second kappa shape index (κ2) is 8.95. The third kappa shape index (κ3) is 4.66. The van der Waals surface area contributed by atoms with Crippen molar-refractivity contribution in [3.8, 4) is 5.75 Å². The molecule has 3 aliphatic rings. The molecule has 0 bridgehead atoms. The summed E-state index contributed by atoms with van der Waals surface area (Å²) in [5, 5.41) is 2.81. The van der Waals surface area contributed by atoms with Crippen LogP contribution in [0.5, 0.6) is 5.75 Å². The number of benzene rings is 1. The summed E-state index contributed by atoms with van der Waals surface area (Å²) in [6.45, 7) is 3.76. The molecule has 2 saturated heterocycles. The largest absolute Gasteiger partial charge is 0.490 e. The molecule has 0 spiro atoms. The van der Waals surface area contributed by atoms with E-state index in [0.29, 0.717) is 31.6 Å². The average Bonchev–Trinajstić information content (AvgIpc) is 3.17. The summed E-state index contributed by atoms with van der Waals surface area (Å²) in [7, 11) is 0. The van der Waals surface area contributed by atoms with Gasteiger partial charge >= 0.3 is 0 Å². The molecule has 1 N–H and O–H groups in total. The lowest BCUT2D eigenvalue weighted by Crippen LogP contribution is -2.43. The second-order valence-corrected chi connectivity index (χ2v) is 8.21. The van der Waals surface area contributed by atoms with Crippen LogP contribution >= 0.6 is 0 Å². The summed E-state index contributed by atoms with van der Waals surface area (Å²) in [5.41, 5.74) is 0.634. The van der Waals surface area contributed by atoms with Crippen molar-refractivity contribution < 1.29 is 14.3 Å².